The molecule has 0 aromatic heterocycles. The van der Waals surface area contributed by atoms with Gasteiger partial charge in [0.25, 0.3) is 5.69 Å². The van der Waals surface area contributed by atoms with E-state index in [1.807, 2.05) is 0 Å². The highest BCUT2D eigenvalue weighted by Crippen LogP contribution is 2.40. The predicted molar refractivity (Wildman–Crippen MR) is 42.8 cm³/mol. The van der Waals surface area contributed by atoms with Gasteiger partial charge in [0.1, 0.15) is 4.90 Å². The van der Waals surface area contributed by atoms with Gasteiger partial charge in [0.2, 0.25) is 0 Å². The monoisotopic (exact) mass is 227 g/mol. The van der Waals surface area contributed by atoms with Gasteiger partial charge in [-0.3, -0.25) is 10.1 Å². The first-order chi connectivity index (χ1) is 6.17. The maximum atomic E-state index is 12.2. The van der Waals surface area contributed by atoms with E-state index in [0.29, 0.717) is 24.3 Å². The smallest absolute Gasteiger partial charge is 0.258 e. The summed E-state index contributed by atoms with van der Waals surface area (Å²) in [5, 5.41) is 10.1. The highest BCUT2D eigenvalue weighted by molar-refractivity contribution is 8.06. The molecule has 1 aromatic carbocycles. The molecule has 78 valence electrons. The van der Waals surface area contributed by atoms with Crippen LogP contribution in [0.3, 0.4) is 0 Å². The largest absolute Gasteiger partial charge is 0.321 e. The molecule has 0 fully saturated rings. The topological polar surface area (TPSA) is 60.2 Å². The fourth-order valence-electron chi connectivity index (χ4n) is 0.778. The van der Waals surface area contributed by atoms with Gasteiger partial charge < -0.3 is 0 Å². The first-order valence-electron chi connectivity index (χ1n) is 3.24. The van der Waals surface area contributed by atoms with E-state index in [0.717, 1.165) is 0 Å². The van der Waals surface area contributed by atoms with Crippen molar-refractivity contribution in [2.24, 2.45) is 0 Å². The summed E-state index contributed by atoms with van der Waals surface area (Å²) < 4.78 is 46.7. The maximum absolute atomic E-state index is 12.2. The van der Waals surface area contributed by atoms with Gasteiger partial charge in [-0.1, -0.05) is 11.7 Å². The zero-order chi connectivity index (χ0) is 11.0. The minimum absolute atomic E-state index is 0.424. The summed E-state index contributed by atoms with van der Waals surface area (Å²) in [5.41, 5.74) is -0.481. The van der Waals surface area contributed by atoms with E-state index in [2.05, 4.69) is 0 Å². The Bertz CT molecular complexity index is 427. The molecule has 0 saturated heterocycles. The fraction of sp³-hybridized carbons (Fsp3) is 0. The Balaban J connectivity index is 3.20. The van der Waals surface area contributed by atoms with Crippen LogP contribution in [0.1, 0.15) is 0 Å². The van der Waals surface area contributed by atoms with Crippen molar-refractivity contribution in [2.45, 2.75) is 4.90 Å². The number of hydrogen-bond acceptors (Lipinski definition) is 3. The summed E-state index contributed by atoms with van der Waals surface area (Å²) in [4.78, 5) is 7.91. The third-order valence-electron chi connectivity index (χ3n) is 1.41. The van der Waals surface area contributed by atoms with Crippen LogP contribution in [0.2, 0.25) is 0 Å². The molecule has 0 radical (unpaired) electrons. The molecule has 0 N–H and O–H groups in total. The zero-order valence-electron chi connectivity index (χ0n) is 6.52. The first kappa shape index (κ1) is 10.6. The van der Waals surface area contributed by atoms with E-state index in [9.17, 15) is 26.0 Å². The Hall–Kier alpha value is -1.44. The molecule has 0 amide bonds. The van der Waals surface area contributed by atoms with E-state index >= 15 is 0 Å². The normalized spacial score (nSPS) is 14.4. The lowest BCUT2D eigenvalue weighted by Gasteiger charge is -2.13. The molecule has 0 aliphatic heterocycles. The third kappa shape index (κ3) is 2.28. The second-order valence-corrected chi connectivity index (χ2v) is 4.26. The molecule has 0 aliphatic carbocycles. The zero-order valence-corrected chi connectivity index (χ0v) is 7.34. The van der Waals surface area contributed by atoms with Gasteiger partial charge in [0.15, 0.2) is 0 Å². The number of benzene rings is 1. The number of hydrogen-bond donors (Lipinski definition) is 0. The van der Waals surface area contributed by atoms with Crippen LogP contribution >= 0.6 is 0 Å². The fourth-order valence-corrected chi connectivity index (χ4v) is 1.33. The van der Waals surface area contributed by atoms with Crippen LogP contribution in [0.5, 0.6) is 0 Å². The summed E-state index contributed by atoms with van der Waals surface area (Å²) in [6.45, 7) is 0. The second-order valence-electron chi connectivity index (χ2n) is 2.43. The van der Waals surface area contributed by atoms with Crippen LogP contribution in [0.15, 0.2) is 29.2 Å². The van der Waals surface area contributed by atoms with Crippen molar-refractivity contribution >= 4 is 15.9 Å². The minimum atomic E-state index is -7.28. The molecule has 14 heavy (non-hydrogen) atoms. The van der Waals surface area contributed by atoms with Crippen molar-refractivity contribution in [1.29, 1.82) is 0 Å². The van der Waals surface area contributed by atoms with Gasteiger partial charge in [-0.2, -0.15) is 4.21 Å². The van der Waals surface area contributed by atoms with Crippen LogP contribution in [-0.4, -0.2) is 9.13 Å². The lowest BCUT2D eigenvalue weighted by atomic mass is 10.3. The number of nitro groups is 1. The molecule has 0 bridgehead atoms. The van der Waals surface area contributed by atoms with Gasteiger partial charge in [0.05, 0.1) is 4.92 Å². The number of rotatable bonds is 2. The van der Waals surface area contributed by atoms with Gasteiger partial charge in [-0.15, -0.1) is 0 Å². The molecule has 0 spiro atoms. The summed E-state index contributed by atoms with van der Waals surface area (Å²) in [6, 6.07) is 2.16. The van der Waals surface area contributed by atoms with Gasteiger partial charge in [-0.25, -0.2) is 0 Å². The Morgan fingerprint density at radius 3 is 1.86 bits per heavy atom. The van der Waals surface area contributed by atoms with Crippen molar-refractivity contribution < 1.29 is 20.8 Å². The van der Waals surface area contributed by atoms with E-state index in [1.54, 1.807) is 0 Å². The van der Waals surface area contributed by atoms with Crippen molar-refractivity contribution in [2.75, 3.05) is 0 Å². The van der Waals surface area contributed by atoms with Crippen LogP contribution < -0.4 is 0 Å². The highest BCUT2D eigenvalue weighted by atomic mass is 32.4. The minimum Gasteiger partial charge on any atom is -0.258 e. The van der Waals surface area contributed by atoms with E-state index in [1.165, 1.54) is 0 Å². The molecule has 0 unspecified atom stereocenters. The van der Waals surface area contributed by atoms with Gasteiger partial charge in [0, 0.05) is 12.1 Å². The maximum Gasteiger partial charge on any atom is 0.321 e. The molecule has 0 heterocycles. The number of nitro benzene ring substituents is 1. The Morgan fingerprint density at radius 2 is 1.57 bits per heavy atom. The third-order valence-corrected chi connectivity index (χ3v) is 2.41. The van der Waals surface area contributed by atoms with Crippen molar-refractivity contribution in [3.8, 4) is 0 Å². The average molecular weight is 227 g/mol. The van der Waals surface area contributed by atoms with E-state index in [4.69, 9.17) is 0 Å². The highest BCUT2D eigenvalue weighted by Gasteiger charge is 2.37. The summed E-state index contributed by atoms with van der Waals surface area (Å²) in [6.07, 6.45) is 0. The lowest BCUT2D eigenvalue weighted by Crippen LogP contribution is -2.11. The molecular formula is C6H4F3NO3S. The van der Waals surface area contributed by atoms with E-state index in [-0.39, 0.29) is 0 Å². The molecule has 1 aromatic rings. The molecule has 4 nitrogen and oxygen atoms in total. The number of non-ortho nitro benzene ring substituents is 1. The summed E-state index contributed by atoms with van der Waals surface area (Å²) in [7, 11) is -7.28. The van der Waals surface area contributed by atoms with Crippen molar-refractivity contribution in [3.05, 3.63) is 34.4 Å². The number of nitrogens with zero attached hydrogens (tertiary/aromatic N) is 1. The summed E-state index contributed by atoms with van der Waals surface area (Å²) in [5.74, 6) is 0. The first-order valence-corrected chi connectivity index (χ1v) is 4.91. The Morgan fingerprint density at radius 1 is 1.14 bits per heavy atom. The molecule has 1 rings (SSSR count). The van der Waals surface area contributed by atoms with E-state index < -0.39 is 25.7 Å². The van der Waals surface area contributed by atoms with Crippen molar-refractivity contribution in [1.82, 2.24) is 0 Å². The SMILES string of the molecule is O=[N+]([O-])c1ccc(S(=O)(F)(F)F)cc1. The van der Waals surface area contributed by atoms with Gasteiger partial charge in [-0.05, 0) is 12.1 Å². The second kappa shape index (κ2) is 2.77. The standard InChI is InChI=1S/C6H4F3NO3S/c7-14(8,9,13)6-3-1-5(2-4-6)10(11)12/h1-4H. The Labute approximate surface area is 76.8 Å². The Kier molecular flexibility index (Phi) is 2.11. The summed E-state index contributed by atoms with van der Waals surface area (Å²) >= 11 is 0. The predicted octanol–water partition coefficient (Wildman–Crippen LogP) is 2.43. The molecular weight excluding hydrogens is 223 g/mol. The van der Waals surface area contributed by atoms with Crippen LogP contribution in [-0.2, 0) is 10.2 Å². The number of halogens is 3. The lowest BCUT2D eigenvalue weighted by molar-refractivity contribution is -0.384. The molecule has 0 aliphatic rings. The quantitative estimate of drug-likeness (QED) is 0.443. The van der Waals surface area contributed by atoms with Crippen LogP contribution in [0.25, 0.3) is 0 Å². The van der Waals surface area contributed by atoms with Gasteiger partial charge >= 0.3 is 10.2 Å². The average Bonchev–Trinajstić information content (AvgIpc) is 2.01. The molecule has 0 saturated carbocycles. The van der Waals surface area contributed by atoms with Crippen LogP contribution in [0.4, 0.5) is 17.3 Å². The molecule has 0 atom stereocenters. The van der Waals surface area contributed by atoms with Crippen LogP contribution in [0, 0.1) is 10.1 Å². The molecule has 8 heteroatoms. The van der Waals surface area contributed by atoms with Crippen molar-refractivity contribution in [3.63, 3.8) is 0 Å².